The molecule has 1 rings (SSSR count). The third kappa shape index (κ3) is 4.95. The maximum Gasteiger partial charge on any atom is 0.303 e. The van der Waals surface area contributed by atoms with Crippen LogP contribution in [0.3, 0.4) is 0 Å². The summed E-state index contributed by atoms with van der Waals surface area (Å²) in [6, 6.07) is 7.52. The first-order chi connectivity index (χ1) is 9.04. The number of esters is 2. The van der Waals surface area contributed by atoms with Crippen LogP contribution in [0, 0.1) is 0 Å². The Kier molecular flexibility index (Phi) is 5.79. The van der Waals surface area contributed by atoms with E-state index in [1.807, 2.05) is 24.3 Å². The van der Waals surface area contributed by atoms with Gasteiger partial charge in [0.15, 0.2) is 0 Å². The Morgan fingerprint density at radius 2 is 1.95 bits per heavy atom. The van der Waals surface area contributed by atoms with Crippen LogP contribution >= 0.6 is 0 Å². The van der Waals surface area contributed by atoms with E-state index >= 15 is 0 Å². The molecule has 19 heavy (non-hydrogen) atoms. The summed E-state index contributed by atoms with van der Waals surface area (Å²) in [7, 11) is 0. The zero-order valence-corrected chi connectivity index (χ0v) is 11.2. The monoisotopic (exact) mass is 262 g/mol. The Morgan fingerprint density at radius 3 is 2.53 bits per heavy atom. The van der Waals surface area contributed by atoms with Crippen LogP contribution in [0.2, 0.25) is 0 Å². The predicted octanol–water partition coefficient (Wildman–Crippen LogP) is 2.89. The summed E-state index contributed by atoms with van der Waals surface area (Å²) in [4.78, 5) is 21.9. The van der Waals surface area contributed by atoms with Crippen molar-refractivity contribution in [1.82, 2.24) is 0 Å². The molecule has 0 aromatic heterocycles. The van der Waals surface area contributed by atoms with Crippen molar-refractivity contribution in [2.24, 2.45) is 0 Å². The van der Waals surface area contributed by atoms with E-state index in [0.29, 0.717) is 6.42 Å². The number of benzene rings is 1. The van der Waals surface area contributed by atoms with Gasteiger partial charge in [0.05, 0.1) is 6.61 Å². The van der Waals surface area contributed by atoms with Gasteiger partial charge < -0.3 is 9.47 Å². The predicted molar refractivity (Wildman–Crippen MR) is 72.3 cm³/mol. The third-order valence-corrected chi connectivity index (χ3v) is 2.56. The van der Waals surface area contributed by atoms with Crippen LogP contribution in [-0.2, 0) is 19.1 Å². The van der Waals surface area contributed by atoms with E-state index in [1.165, 1.54) is 13.8 Å². The van der Waals surface area contributed by atoms with Crippen molar-refractivity contribution >= 4 is 18.0 Å². The largest absolute Gasteiger partial charge is 0.466 e. The van der Waals surface area contributed by atoms with Gasteiger partial charge in [0.25, 0.3) is 0 Å². The zero-order valence-electron chi connectivity index (χ0n) is 11.2. The SMILES string of the molecule is C=Cc1ccccc1C(CCOC(C)=O)OC(C)=O. The van der Waals surface area contributed by atoms with E-state index in [1.54, 1.807) is 6.08 Å². The van der Waals surface area contributed by atoms with E-state index in [0.717, 1.165) is 11.1 Å². The Labute approximate surface area is 113 Å². The molecule has 0 amide bonds. The van der Waals surface area contributed by atoms with E-state index < -0.39 is 6.10 Å². The highest BCUT2D eigenvalue weighted by Crippen LogP contribution is 2.25. The van der Waals surface area contributed by atoms with Gasteiger partial charge in [-0.1, -0.05) is 36.9 Å². The maximum atomic E-state index is 11.2. The summed E-state index contributed by atoms with van der Waals surface area (Å²) in [6.45, 7) is 6.65. The molecule has 1 atom stereocenters. The fraction of sp³-hybridized carbons (Fsp3) is 0.333. The van der Waals surface area contributed by atoms with Crippen molar-refractivity contribution in [3.05, 3.63) is 42.0 Å². The van der Waals surface area contributed by atoms with Gasteiger partial charge in [-0.3, -0.25) is 9.59 Å². The van der Waals surface area contributed by atoms with Crippen molar-refractivity contribution in [1.29, 1.82) is 0 Å². The van der Waals surface area contributed by atoms with Crippen molar-refractivity contribution in [3.63, 3.8) is 0 Å². The molecule has 1 aromatic rings. The van der Waals surface area contributed by atoms with Crippen molar-refractivity contribution in [3.8, 4) is 0 Å². The van der Waals surface area contributed by atoms with Gasteiger partial charge in [-0.2, -0.15) is 0 Å². The second-order valence-electron chi connectivity index (χ2n) is 4.06. The topological polar surface area (TPSA) is 52.6 Å². The van der Waals surface area contributed by atoms with E-state index in [4.69, 9.17) is 9.47 Å². The molecule has 1 unspecified atom stereocenters. The highest BCUT2D eigenvalue weighted by Gasteiger charge is 2.17. The van der Waals surface area contributed by atoms with Crippen LogP contribution < -0.4 is 0 Å². The number of ether oxygens (including phenoxy) is 2. The molecule has 102 valence electrons. The van der Waals surface area contributed by atoms with Gasteiger partial charge in [0.1, 0.15) is 6.10 Å². The average molecular weight is 262 g/mol. The fourth-order valence-electron chi connectivity index (χ4n) is 1.78. The second-order valence-corrected chi connectivity index (χ2v) is 4.06. The molecule has 0 saturated heterocycles. The minimum Gasteiger partial charge on any atom is -0.466 e. The van der Waals surface area contributed by atoms with Crippen LogP contribution in [0.5, 0.6) is 0 Å². The fourth-order valence-corrected chi connectivity index (χ4v) is 1.78. The molecule has 0 fully saturated rings. The molecule has 4 nitrogen and oxygen atoms in total. The number of carbonyl (C=O) groups excluding carboxylic acids is 2. The highest BCUT2D eigenvalue weighted by atomic mass is 16.6. The molecule has 0 radical (unpaired) electrons. The summed E-state index contributed by atoms with van der Waals surface area (Å²) in [6.07, 6.45) is 1.69. The summed E-state index contributed by atoms with van der Waals surface area (Å²) < 4.78 is 10.2. The Morgan fingerprint density at radius 1 is 1.26 bits per heavy atom. The van der Waals surface area contributed by atoms with E-state index in [2.05, 4.69) is 6.58 Å². The highest BCUT2D eigenvalue weighted by molar-refractivity contribution is 5.67. The minimum atomic E-state index is -0.439. The first kappa shape index (κ1) is 15.0. The molecule has 0 N–H and O–H groups in total. The Hall–Kier alpha value is -2.10. The lowest BCUT2D eigenvalue weighted by atomic mass is 10.0. The van der Waals surface area contributed by atoms with E-state index in [9.17, 15) is 9.59 Å². The van der Waals surface area contributed by atoms with Crippen LogP contribution in [0.25, 0.3) is 6.08 Å². The number of hydrogen-bond acceptors (Lipinski definition) is 4. The van der Waals surface area contributed by atoms with Crippen molar-refractivity contribution in [2.45, 2.75) is 26.4 Å². The van der Waals surface area contributed by atoms with Crippen LogP contribution in [-0.4, -0.2) is 18.5 Å². The third-order valence-electron chi connectivity index (χ3n) is 2.56. The second kappa shape index (κ2) is 7.36. The van der Waals surface area contributed by atoms with Gasteiger partial charge in [0, 0.05) is 20.3 Å². The first-order valence-electron chi connectivity index (χ1n) is 6.06. The molecule has 0 saturated carbocycles. The molecule has 0 heterocycles. The Bertz CT molecular complexity index is 465. The molecular formula is C15H18O4. The molecule has 1 aromatic carbocycles. The Balaban J connectivity index is 2.85. The number of rotatable bonds is 6. The normalized spacial score (nSPS) is 11.5. The lowest BCUT2D eigenvalue weighted by Crippen LogP contribution is -2.13. The molecule has 0 spiro atoms. The van der Waals surface area contributed by atoms with Crippen molar-refractivity contribution in [2.75, 3.05) is 6.61 Å². The molecule has 0 aliphatic heterocycles. The van der Waals surface area contributed by atoms with Crippen LogP contribution in [0.1, 0.15) is 37.5 Å². The lowest BCUT2D eigenvalue weighted by molar-refractivity contribution is -0.149. The zero-order chi connectivity index (χ0) is 14.3. The first-order valence-corrected chi connectivity index (χ1v) is 6.06. The average Bonchev–Trinajstić information content (AvgIpc) is 2.36. The number of carbonyl (C=O) groups is 2. The smallest absolute Gasteiger partial charge is 0.303 e. The van der Waals surface area contributed by atoms with Gasteiger partial charge in [0.2, 0.25) is 0 Å². The summed E-state index contributed by atoms with van der Waals surface area (Å²) in [5.74, 6) is -0.717. The van der Waals surface area contributed by atoms with Gasteiger partial charge >= 0.3 is 11.9 Å². The summed E-state index contributed by atoms with van der Waals surface area (Å²) in [5.41, 5.74) is 1.76. The minimum absolute atomic E-state index is 0.207. The molecule has 0 bridgehead atoms. The molecule has 0 aliphatic rings. The lowest BCUT2D eigenvalue weighted by Gasteiger charge is -2.19. The maximum absolute atomic E-state index is 11.2. The van der Waals surface area contributed by atoms with Gasteiger partial charge in [-0.15, -0.1) is 0 Å². The van der Waals surface area contributed by atoms with Crippen LogP contribution in [0.4, 0.5) is 0 Å². The van der Waals surface area contributed by atoms with Gasteiger partial charge in [-0.05, 0) is 11.1 Å². The quantitative estimate of drug-likeness (QED) is 0.740. The standard InChI is InChI=1S/C15H18O4/c1-4-13-7-5-6-8-14(13)15(19-12(3)17)9-10-18-11(2)16/h4-8,15H,1,9-10H2,2-3H3. The number of hydrogen-bond donors (Lipinski definition) is 0. The van der Waals surface area contributed by atoms with Gasteiger partial charge in [-0.25, -0.2) is 0 Å². The molecular weight excluding hydrogens is 244 g/mol. The van der Waals surface area contributed by atoms with Crippen LogP contribution in [0.15, 0.2) is 30.8 Å². The summed E-state index contributed by atoms with van der Waals surface area (Å²) in [5, 5.41) is 0. The van der Waals surface area contributed by atoms with Crippen molar-refractivity contribution < 1.29 is 19.1 Å². The molecule has 4 heteroatoms. The summed E-state index contributed by atoms with van der Waals surface area (Å²) >= 11 is 0. The molecule has 0 aliphatic carbocycles. The van der Waals surface area contributed by atoms with E-state index in [-0.39, 0.29) is 18.5 Å².